The van der Waals surface area contributed by atoms with Crippen LogP contribution in [0, 0.1) is 21.4 Å². The zero-order chi connectivity index (χ0) is 14.1. The third-order valence-corrected chi connectivity index (χ3v) is 3.32. The lowest BCUT2D eigenvalue weighted by atomic mass is 10.1. The number of fused-ring (bicyclic) bond motifs is 1. The van der Waals surface area contributed by atoms with Gasteiger partial charge in [0.05, 0.1) is 16.3 Å². The average molecular weight is 269 g/mol. The van der Waals surface area contributed by atoms with Crippen LogP contribution in [0.15, 0.2) is 24.3 Å². The largest absolute Gasteiger partial charge is 0.312 e. The van der Waals surface area contributed by atoms with Crippen molar-refractivity contribution in [3.63, 3.8) is 0 Å². The van der Waals surface area contributed by atoms with Crippen molar-refractivity contribution in [1.82, 2.24) is 15.1 Å². The molecule has 7 nitrogen and oxygen atoms in total. The van der Waals surface area contributed by atoms with E-state index in [1.807, 2.05) is 0 Å². The van der Waals surface area contributed by atoms with Gasteiger partial charge in [0.1, 0.15) is 6.07 Å². The van der Waals surface area contributed by atoms with Crippen LogP contribution in [0.5, 0.6) is 0 Å². The summed E-state index contributed by atoms with van der Waals surface area (Å²) in [6, 6.07) is 8.36. The molecular formula is C13H11N5O2. The van der Waals surface area contributed by atoms with Gasteiger partial charge in [0.2, 0.25) is 0 Å². The van der Waals surface area contributed by atoms with E-state index in [1.54, 1.807) is 16.8 Å². The van der Waals surface area contributed by atoms with Crippen LogP contribution in [0.25, 0.3) is 5.69 Å². The Kier molecular flexibility index (Phi) is 2.93. The molecule has 0 saturated heterocycles. The number of nitrogens with zero attached hydrogens (tertiary/aromatic N) is 4. The first-order valence-corrected chi connectivity index (χ1v) is 6.17. The fraction of sp³-hybridized carbons (Fsp3) is 0.231. The molecule has 20 heavy (non-hydrogen) atoms. The fourth-order valence-electron chi connectivity index (χ4n) is 2.39. The second kappa shape index (κ2) is 4.75. The van der Waals surface area contributed by atoms with Crippen LogP contribution < -0.4 is 5.32 Å². The van der Waals surface area contributed by atoms with E-state index in [0.717, 1.165) is 24.2 Å². The molecule has 0 fully saturated rings. The van der Waals surface area contributed by atoms with Crippen molar-refractivity contribution in [2.45, 2.75) is 13.0 Å². The van der Waals surface area contributed by atoms with E-state index in [-0.39, 0.29) is 5.69 Å². The number of nitrogens with one attached hydrogen (secondary N) is 1. The maximum atomic E-state index is 10.8. The fourth-order valence-corrected chi connectivity index (χ4v) is 2.39. The molecule has 0 amide bonds. The minimum atomic E-state index is -0.438. The van der Waals surface area contributed by atoms with Crippen LogP contribution in [-0.2, 0) is 13.0 Å². The SMILES string of the molecule is N#Cc1nn(-c2cccc([N+](=O)[O-])c2)c2c1CNCC2. The van der Waals surface area contributed by atoms with Crippen molar-refractivity contribution >= 4 is 5.69 Å². The van der Waals surface area contributed by atoms with Gasteiger partial charge in [0.15, 0.2) is 5.69 Å². The van der Waals surface area contributed by atoms with Crippen LogP contribution in [0.1, 0.15) is 17.0 Å². The van der Waals surface area contributed by atoms with Crippen LogP contribution in [0.2, 0.25) is 0 Å². The van der Waals surface area contributed by atoms with Gasteiger partial charge in [-0.3, -0.25) is 10.1 Å². The Morgan fingerprint density at radius 3 is 3.10 bits per heavy atom. The van der Waals surface area contributed by atoms with Crippen molar-refractivity contribution in [3.05, 3.63) is 51.3 Å². The molecule has 1 aliphatic rings. The number of nitro groups is 1. The maximum Gasteiger partial charge on any atom is 0.271 e. The van der Waals surface area contributed by atoms with Gasteiger partial charge in [-0.15, -0.1) is 0 Å². The third-order valence-electron chi connectivity index (χ3n) is 3.32. The van der Waals surface area contributed by atoms with Crippen molar-refractivity contribution in [3.8, 4) is 11.8 Å². The number of rotatable bonds is 2. The monoisotopic (exact) mass is 269 g/mol. The molecule has 7 heteroatoms. The summed E-state index contributed by atoms with van der Waals surface area (Å²) in [5.41, 5.74) is 2.82. The molecule has 0 radical (unpaired) electrons. The van der Waals surface area contributed by atoms with Crippen molar-refractivity contribution in [1.29, 1.82) is 5.26 Å². The summed E-state index contributed by atoms with van der Waals surface area (Å²) in [5.74, 6) is 0. The van der Waals surface area contributed by atoms with Gasteiger partial charge in [-0.05, 0) is 6.07 Å². The molecule has 1 aromatic heterocycles. The second-order valence-corrected chi connectivity index (χ2v) is 4.50. The number of hydrogen-bond acceptors (Lipinski definition) is 5. The molecule has 0 aliphatic carbocycles. The molecule has 0 saturated carbocycles. The topological polar surface area (TPSA) is 96.8 Å². The first-order chi connectivity index (χ1) is 9.70. The van der Waals surface area contributed by atoms with Crippen LogP contribution >= 0.6 is 0 Å². The van der Waals surface area contributed by atoms with Crippen LogP contribution in [0.4, 0.5) is 5.69 Å². The van der Waals surface area contributed by atoms with Gasteiger partial charge in [-0.25, -0.2) is 4.68 Å². The lowest BCUT2D eigenvalue weighted by Gasteiger charge is -2.15. The Balaban J connectivity index is 2.15. The highest BCUT2D eigenvalue weighted by Gasteiger charge is 2.21. The van der Waals surface area contributed by atoms with E-state index in [2.05, 4.69) is 16.5 Å². The molecule has 0 bridgehead atoms. The van der Waals surface area contributed by atoms with E-state index < -0.39 is 4.92 Å². The minimum Gasteiger partial charge on any atom is -0.312 e. The zero-order valence-corrected chi connectivity index (χ0v) is 10.5. The number of non-ortho nitro benzene ring substituents is 1. The maximum absolute atomic E-state index is 10.8. The highest BCUT2D eigenvalue weighted by atomic mass is 16.6. The van der Waals surface area contributed by atoms with Crippen molar-refractivity contribution in [2.75, 3.05) is 6.54 Å². The smallest absolute Gasteiger partial charge is 0.271 e. The first kappa shape index (κ1) is 12.3. The second-order valence-electron chi connectivity index (χ2n) is 4.50. The van der Waals surface area contributed by atoms with Crippen molar-refractivity contribution in [2.24, 2.45) is 0 Å². The van der Waals surface area contributed by atoms with Gasteiger partial charge in [0, 0.05) is 37.2 Å². The van der Waals surface area contributed by atoms with Crippen molar-refractivity contribution < 1.29 is 4.92 Å². The third kappa shape index (κ3) is 1.92. The predicted octanol–water partition coefficient (Wildman–Crippen LogP) is 1.30. The van der Waals surface area contributed by atoms with Gasteiger partial charge >= 0.3 is 0 Å². The van der Waals surface area contributed by atoms with Gasteiger partial charge in [-0.1, -0.05) is 6.07 Å². The Morgan fingerprint density at radius 2 is 2.35 bits per heavy atom. The summed E-state index contributed by atoms with van der Waals surface area (Å²) in [4.78, 5) is 10.4. The van der Waals surface area contributed by atoms with Gasteiger partial charge in [0.25, 0.3) is 5.69 Å². The zero-order valence-electron chi connectivity index (χ0n) is 10.5. The quantitative estimate of drug-likeness (QED) is 0.654. The van der Waals surface area contributed by atoms with Crippen LogP contribution in [0.3, 0.4) is 0 Å². The Morgan fingerprint density at radius 1 is 1.50 bits per heavy atom. The molecule has 1 N–H and O–H groups in total. The molecule has 3 rings (SSSR count). The predicted molar refractivity (Wildman–Crippen MR) is 70.3 cm³/mol. The normalized spacial score (nSPS) is 13.6. The molecular weight excluding hydrogens is 258 g/mol. The summed E-state index contributed by atoms with van der Waals surface area (Å²) in [6.45, 7) is 1.41. The molecule has 2 aromatic rings. The Bertz CT molecular complexity index is 729. The molecule has 0 unspecified atom stereocenters. The summed E-state index contributed by atoms with van der Waals surface area (Å²) in [7, 11) is 0. The van der Waals surface area contributed by atoms with E-state index in [9.17, 15) is 10.1 Å². The minimum absolute atomic E-state index is 0.0131. The van der Waals surface area contributed by atoms with Gasteiger partial charge in [-0.2, -0.15) is 10.4 Å². The molecule has 1 aromatic carbocycles. The van der Waals surface area contributed by atoms with E-state index >= 15 is 0 Å². The summed E-state index contributed by atoms with van der Waals surface area (Å²) < 4.78 is 1.64. The lowest BCUT2D eigenvalue weighted by molar-refractivity contribution is -0.384. The Hall–Kier alpha value is -2.72. The van der Waals surface area contributed by atoms with E-state index in [0.29, 0.717) is 17.9 Å². The lowest BCUT2D eigenvalue weighted by Crippen LogP contribution is -2.24. The molecule has 0 atom stereocenters. The molecule has 2 heterocycles. The first-order valence-electron chi connectivity index (χ1n) is 6.17. The number of nitro benzene ring substituents is 1. The summed E-state index contributed by atoms with van der Waals surface area (Å²) in [5, 5.41) is 27.5. The molecule has 1 aliphatic heterocycles. The molecule has 0 spiro atoms. The number of aromatic nitrogens is 2. The van der Waals surface area contributed by atoms with E-state index in [4.69, 9.17) is 5.26 Å². The summed E-state index contributed by atoms with van der Waals surface area (Å²) >= 11 is 0. The number of benzene rings is 1. The number of hydrogen-bond donors (Lipinski definition) is 1. The van der Waals surface area contributed by atoms with Gasteiger partial charge < -0.3 is 5.32 Å². The highest BCUT2D eigenvalue weighted by Crippen LogP contribution is 2.23. The standard InChI is InChI=1S/C13H11N5O2/c14-7-12-11-8-15-5-4-13(11)17(16-12)9-2-1-3-10(6-9)18(19)20/h1-3,6,15H,4-5,8H2. The van der Waals surface area contributed by atoms with E-state index in [1.165, 1.54) is 12.1 Å². The highest BCUT2D eigenvalue weighted by molar-refractivity contribution is 5.47. The summed E-state index contributed by atoms with van der Waals surface area (Å²) in [6.07, 6.45) is 0.743. The number of nitriles is 1. The Labute approximate surface area is 114 Å². The van der Waals surface area contributed by atoms with Crippen LogP contribution in [-0.4, -0.2) is 21.2 Å². The molecule has 100 valence electrons. The average Bonchev–Trinajstić information content (AvgIpc) is 2.86.